The fourth-order valence-corrected chi connectivity index (χ4v) is 3.00. The van der Waals surface area contributed by atoms with Crippen molar-refractivity contribution in [2.45, 2.75) is 13.0 Å². The highest BCUT2D eigenvalue weighted by Crippen LogP contribution is 2.18. The minimum absolute atomic E-state index is 0.860. The summed E-state index contributed by atoms with van der Waals surface area (Å²) < 4.78 is 5.22. The molecular weight excluding hydrogens is 302 g/mol. The summed E-state index contributed by atoms with van der Waals surface area (Å²) in [5.74, 6) is 2.77. The Kier molecular flexibility index (Phi) is 5.48. The van der Waals surface area contributed by atoms with E-state index in [1.54, 1.807) is 13.4 Å². The summed E-state index contributed by atoms with van der Waals surface area (Å²) in [5.41, 5.74) is 1.32. The van der Waals surface area contributed by atoms with Crippen LogP contribution in [0.25, 0.3) is 0 Å². The number of nitrogens with zero attached hydrogens (tertiary/aromatic N) is 4. The van der Waals surface area contributed by atoms with E-state index in [0.717, 1.165) is 56.5 Å². The molecule has 1 saturated heterocycles. The Labute approximate surface area is 143 Å². The molecule has 0 radical (unpaired) electrons. The molecule has 0 spiro atoms. The number of hydrogen-bond donors (Lipinski definition) is 1. The van der Waals surface area contributed by atoms with Gasteiger partial charge < -0.3 is 15.0 Å². The van der Waals surface area contributed by atoms with Gasteiger partial charge in [-0.2, -0.15) is 0 Å². The minimum Gasteiger partial charge on any atom is -0.497 e. The monoisotopic (exact) mass is 327 g/mol. The predicted octanol–water partition coefficient (Wildman–Crippen LogP) is 2.24. The van der Waals surface area contributed by atoms with Crippen LogP contribution in [0.2, 0.25) is 0 Å². The third kappa shape index (κ3) is 4.14. The average molecular weight is 327 g/mol. The SMILES string of the molecule is CNc1cc(N2CCCN(Cc3ccc(OC)cc3)CC2)ncn1. The molecular formula is C18H25N5O. The smallest absolute Gasteiger partial charge is 0.134 e. The van der Waals surface area contributed by atoms with Crippen LogP contribution in [-0.2, 0) is 6.54 Å². The standard InChI is InChI=1S/C18H25N5O/c1-19-17-12-18(21-14-20-17)23-9-3-8-22(10-11-23)13-15-4-6-16(24-2)7-5-15/h4-7,12,14H,3,8-11,13H2,1-2H3,(H,19,20,21). The normalized spacial score (nSPS) is 15.8. The van der Waals surface area contributed by atoms with Crippen molar-refractivity contribution in [3.8, 4) is 5.75 Å². The zero-order chi connectivity index (χ0) is 16.8. The molecule has 6 heteroatoms. The lowest BCUT2D eigenvalue weighted by atomic mass is 10.2. The number of nitrogens with one attached hydrogen (secondary N) is 1. The first-order valence-electron chi connectivity index (χ1n) is 8.38. The van der Waals surface area contributed by atoms with Crippen molar-refractivity contribution >= 4 is 11.6 Å². The molecule has 1 fully saturated rings. The summed E-state index contributed by atoms with van der Waals surface area (Å²) in [6, 6.07) is 10.4. The Bertz CT molecular complexity index is 646. The third-order valence-electron chi connectivity index (χ3n) is 4.39. The van der Waals surface area contributed by atoms with Gasteiger partial charge in [-0.3, -0.25) is 4.90 Å². The first-order valence-corrected chi connectivity index (χ1v) is 8.38. The van der Waals surface area contributed by atoms with Crippen LogP contribution in [-0.4, -0.2) is 55.2 Å². The van der Waals surface area contributed by atoms with Gasteiger partial charge >= 0.3 is 0 Å². The van der Waals surface area contributed by atoms with E-state index in [0.29, 0.717) is 0 Å². The summed E-state index contributed by atoms with van der Waals surface area (Å²) >= 11 is 0. The molecule has 0 bridgehead atoms. The molecule has 0 aliphatic carbocycles. The lowest BCUT2D eigenvalue weighted by Crippen LogP contribution is -2.31. The highest BCUT2D eigenvalue weighted by atomic mass is 16.5. The Balaban J connectivity index is 1.59. The molecule has 3 rings (SSSR count). The maximum absolute atomic E-state index is 5.22. The summed E-state index contributed by atoms with van der Waals surface area (Å²) in [4.78, 5) is 13.5. The first kappa shape index (κ1) is 16.5. The van der Waals surface area contributed by atoms with Crippen LogP contribution in [0.15, 0.2) is 36.7 Å². The van der Waals surface area contributed by atoms with Crippen LogP contribution < -0.4 is 15.0 Å². The second-order valence-corrected chi connectivity index (χ2v) is 5.98. The molecule has 2 heterocycles. The molecule has 1 aliphatic heterocycles. The number of methoxy groups -OCH3 is 1. The van der Waals surface area contributed by atoms with Crippen LogP contribution >= 0.6 is 0 Å². The van der Waals surface area contributed by atoms with E-state index in [4.69, 9.17) is 4.74 Å². The third-order valence-corrected chi connectivity index (χ3v) is 4.39. The van der Waals surface area contributed by atoms with E-state index < -0.39 is 0 Å². The number of aromatic nitrogens is 2. The molecule has 1 aromatic heterocycles. The van der Waals surface area contributed by atoms with Gasteiger partial charge in [0.2, 0.25) is 0 Å². The van der Waals surface area contributed by atoms with Crippen molar-refractivity contribution in [1.29, 1.82) is 0 Å². The fourth-order valence-electron chi connectivity index (χ4n) is 3.00. The molecule has 1 aliphatic rings. The van der Waals surface area contributed by atoms with Crippen LogP contribution in [0.4, 0.5) is 11.6 Å². The molecule has 2 aromatic rings. The Morgan fingerprint density at radius 1 is 1.08 bits per heavy atom. The number of benzene rings is 1. The van der Waals surface area contributed by atoms with E-state index in [1.807, 2.05) is 25.2 Å². The summed E-state index contributed by atoms with van der Waals surface area (Å²) in [6.07, 6.45) is 2.76. The Morgan fingerprint density at radius 3 is 2.67 bits per heavy atom. The predicted molar refractivity (Wildman–Crippen MR) is 96.7 cm³/mol. The highest BCUT2D eigenvalue weighted by Gasteiger charge is 2.16. The van der Waals surface area contributed by atoms with Crippen molar-refractivity contribution in [3.05, 3.63) is 42.2 Å². The van der Waals surface area contributed by atoms with E-state index in [9.17, 15) is 0 Å². The zero-order valence-corrected chi connectivity index (χ0v) is 14.4. The van der Waals surface area contributed by atoms with Gasteiger partial charge in [0, 0.05) is 45.8 Å². The number of hydrogen-bond acceptors (Lipinski definition) is 6. The van der Waals surface area contributed by atoms with Gasteiger partial charge in [-0.05, 0) is 24.1 Å². The van der Waals surface area contributed by atoms with Crippen LogP contribution in [0.3, 0.4) is 0 Å². The van der Waals surface area contributed by atoms with Crippen LogP contribution in [0, 0.1) is 0 Å². The second kappa shape index (κ2) is 7.97. The molecule has 0 saturated carbocycles. The molecule has 0 amide bonds. The van der Waals surface area contributed by atoms with Crippen LogP contribution in [0.5, 0.6) is 5.75 Å². The van der Waals surface area contributed by atoms with Gasteiger partial charge in [0.25, 0.3) is 0 Å². The molecule has 6 nitrogen and oxygen atoms in total. The van der Waals surface area contributed by atoms with E-state index >= 15 is 0 Å². The lowest BCUT2D eigenvalue weighted by Gasteiger charge is -2.23. The first-order chi connectivity index (χ1) is 11.8. The van der Waals surface area contributed by atoms with Gasteiger partial charge in [-0.15, -0.1) is 0 Å². The lowest BCUT2D eigenvalue weighted by molar-refractivity contribution is 0.285. The van der Waals surface area contributed by atoms with E-state index in [2.05, 4.69) is 37.2 Å². The van der Waals surface area contributed by atoms with Gasteiger partial charge in [0.15, 0.2) is 0 Å². The van der Waals surface area contributed by atoms with Gasteiger partial charge in [-0.25, -0.2) is 9.97 Å². The number of anilines is 2. The zero-order valence-electron chi connectivity index (χ0n) is 14.4. The summed E-state index contributed by atoms with van der Waals surface area (Å²) in [5, 5.41) is 3.07. The largest absolute Gasteiger partial charge is 0.497 e. The summed E-state index contributed by atoms with van der Waals surface area (Å²) in [7, 11) is 3.58. The van der Waals surface area contributed by atoms with Crippen molar-refractivity contribution in [1.82, 2.24) is 14.9 Å². The van der Waals surface area contributed by atoms with Crippen molar-refractivity contribution in [2.75, 3.05) is 50.6 Å². The maximum atomic E-state index is 5.22. The highest BCUT2D eigenvalue weighted by molar-refractivity contribution is 5.48. The molecule has 24 heavy (non-hydrogen) atoms. The second-order valence-electron chi connectivity index (χ2n) is 5.98. The minimum atomic E-state index is 0.860. The number of ether oxygens (including phenoxy) is 1. The molecule has 0 unspecified atom stereocenters. The van der Waals surface area contributed by atoms with Gasteiger partial charge in [0.1, 0.15) is 23.7 Å². The van der Waals surface area contributed by atoms with Gasteiger partial charge in [0.05, 0.1) is 7.11 Å². The molecule has 128 valence electrons. The number of rotatable bonds is 5. The Hall–Kier alpha value is -2.34. The maximum Gasteiger partial charge on any atom is 0.134 e. The van der Waals surface area contributed by atoms with Crippen LogP contribution in [0.1, 0.15) is 12.0 Å². The van der Waals surface area contributed by atoms with E-state index in [-0.39, 0.29) is 0 Å². The van der Waals surface area contributed by atoms with Crippen molar-refractivity contribution < 1.29 is 4.74 Å². The topological polar surface area (TPSA) is 53.5 Å². The van der Waals surface area contributed by atoms with Crippen molar-refractivity contribution in [3.63, 3.8) is 0 Å². The quantitative estimate of drug-likeness (QED) is 0.909. The Morgan fingerprint density at radius 2 is 1.92 bits per heavy atom. The summed E-state index contributed by atoms with van der Waals surface area (Å²) in [6.45, 7) is 5.12. The fraction of sp³-hybridized carbons (Fsp3) is 0.444. The molecule has 0 atom stereocenters. The van der Waals surface area contributed by atoms with Gasteiger partial charge in [-0.1, -0.05) is 12.1 Å². The van der Waals surface area contributed by atoms with E-state index in [1.165, 1.54) is 5.56 Å². The average Bonchev–Trinajstić information content (AvgIpc) is 2.88. The molecule has 1 N–H and O–H groups in total. The molecule has 1 aromatic carbocycles. The van der Waals surface area contributed by atoms with Crippen molar-refractivity contribution in [2.24, 2.45) is 0 Å².